The molecule has 0 heterocycles. The molecule has 0 saturated carbocycles. The van der Waals surface area contributed by atoms with E-state index in [0.717, 1.165) is 17.7 Å². The Morgan fingerprint density at radius 3 is 2.76 bits per heavy atom. The molecule has 2 unspecified atom stereocenters. The van der Waals surface area contributed by atoms with Crippen LogP contribution >= 0.6 is 0 Å². The molecule has 4 heteroatoms. The number of ether oxygens (including phenoxy) is 1. The minimum absolute atomic E-state index is 0.235. The van der Waals surface area contributed by atoms with E-state index in [1.54, 1.807) is 7.11 Å². The van der Waals surface area contributed by atoms with Crippen molar-refractivity contribution < 1.29 is 9.53 Å². The fourth-order valence-corrected chi connectivity index (χ4v) is 1.57. The van der Waals surface area contributed by atoms with Crippen molar-refractivity contribution in [2.24, 2.45) is 5.73 Å². The summed E-state index contributed by atoms with van der Waals surface area (Å²) in [6, 6.07) is 7.14. The van der Waals surface area contributed by atoms with Gasteiger partial charge in [0.15, 0.2) is 0 Å². The summed E-state index contributed by atoms with van der Waals surface area (Å²) in [7, 11) is 1.60. The summed E-state index contributed by atoms with van der Waals surface area (Å²) >= 11 is 0. The topological polar surface area (TPSA) is 64.3 Å². The zero-order valence-electron chi connectivity index (χ0n) is 10.6. The fourth-order valence-electron chi connectivity index (χ4n) is 1.57. The molecule has 3 N–H and O–H groups in total. The maximum atomic E-state index is 11.5. The van der Waals surface area contributed by atoms with E-state index in [2.05, 4.69) is 12.2 Å². The average molecular weight is 236 g/mol. The monoisotopic (exact) mass is 236 g/mol. The summed E-state index contributed by atoms with van der Waals surface area (Å²) in [6.07, 6.45) is 0.938. The maximum Gasteiger partial charge on any atom is 0.239 e. The molecule has 0 aromatic heterocycles. The highest BCUT2D eigenvalue weighted by Crippen LogP contribution is 2.19. The normalized spacial score (nSPS) is 14.1. The lowest BCUT2D eigenvalue weighted by Gasteiger charge is -2.20. The summed E-state index contributed by atoms with van der Waals surface area (Å²) in [6.45, 7) is 4.08. The summed E-state index contributed by atoms with van der Waals surface area (Å²) in [4.78, 5) is 11.5. The summed E-state index contributed by atoms with van der Waals surface area (Å²) < 4.78 is 5.14. The Bertz CT molecular complexity index is 379. The number of rotatable bonds is 6. The molecule has 4 nitrogen and oxygen atoms in total. The molecular weight excluding hydrogens is 216 g/mol. The first-order chi connectivity index (χ1) is 8.08. The van der Waals surface area contributed by atoms with Crippen molar-refractivity contribution in [1.82, 2.24) is 5.32 Å². The van der Waals surface area contributed by atoms with Gasteiger partial charge in [-0.05, 0) is 31.0 Å². The molecule has 0 radical (unpaired) electrons. The van der Waals surface area contributed by atoms with E-state index in [1.165, 1.54) is 0 Å². The van der Waals surface area contributed by atoms with Crippen molar-refractivity contribution in [3.8, 4) is 5.75 Å². The van der Waals surface area contributed by atoms with Crippen molar-refractivity contribution in [2.75, 3.05) is 7.11 Å². The highest BCUT2D eigenvalue weighted by atomic mass is 16.5. The van der Waals surface area contributed by atoms with Crippen LogP contribution in [0.2, 0.25) is 0 Å². The number of nitrogens with one attached hydrogen (secondary N) is 1. The van der Waals surface area contributed by atoms with Gasteiger partial charge in [0.05, 0.1) is 7.11 Å². The molecule has 1 amide bonds. The zero-order chi connectivity index (χ0) is 12.8. The lowest BCUT2D eigenvalue weighted by molar-refractivity contribution is -0.120. The molecule has 1 aromatic rings. The van der Waals surface area contributed by atoms with E-state index >= 15 is 0 Å². The van der Waals surface area contributed by atoms with E-state index in [1.807, 2.05) is 31.2 Å². The van der Waals surface area contributed by atoms with Crippen LogP contribution in [-0.4, -0.2) is 19.1 Å². The van der Waals surface area contributed by atoms with Crippen LogP contribution in [0.25, 0.3) is 0 Å². The van der Waals surface area contributed by atoms with Gasteiger partial charge in [0.25, 0.3) is 0 Å². The molecule has 94 valence electrons. The SMILES string of the molecule is CCC(C)NC(C(N)=O)c1cccc(OC)c1. The molecule has 0 bridgehead atoms. The molecule has 0 aliphatic carbocycles. The number of hydrogen-bond donors (Lipinski definition) is 2. The van der Waals surface area contributed by atoms with E-state index in [0.29, 0.717) is 0 Å². The van der Waals surface area contributed by atoms with Crippen molar-refractivity contribution in [3.05, 3.63) is 29.8 Å². The van der Waals surface area contributed by atoms with Gasteiger partial charge < -0.3 is 10.5 Å². The third kappa shape index (κ3) is 3.75. The summed E-state index contributed by atoms with van der Waals surface area (Å²) in [5, 5.41) is 3.20. The van der Waals surface area contributed by atoms with Gasteiger partial charge in [-0.2, -0.15) is 0 Å². The van der Waals surface area contributed by atoms with Crippen molar-refractivity contribution >= 4 is 5.91 Å². The van der Waals surface area contributed by atoms with Gasteiger partial charge >= 0.3 is 0 Å². The first-order valence-electron chi connectivity index (χ1n) is 5.77. The Morgan fingerprint density at radius 1 is 1.53 bits per heavy atom. The van der Waals surface area contributed by atoms with Crippen LogP contribution in [0.4, 0.5) is 0 Å². The predicted octanol–water partition coefficient (Wildman–Crippen LogP) is 1.61. The average Bonchev–Trinajstić information content (AvgIpc) is 2.35. The number of carbonyl (C=O) groups is 1. The summed E-state index contributed by atoms with van der Waals surface area (Å²) in [5.74, 6) is 0.346. The summed E-state index contributed by atoms with van der Waals surface area (Å²) in [5.41, 5.74) is 6.25. The molecule has 0 saturated heterocycles. The smallest absolute Gasteiger partial charge is 0.239 e. The van der Waals surface area contributed by atoms with Gasteiger partial charge in [-0.15, -0.1) is 0 Å². The molecule has 0 fully saturated rings. The Morgan fingerprint density at radius 2 is 2.24 bits per heavy atom. The van der Waals surface area contributed by atoms with E-state index in [9.17, 15) is 4.79 Å². The van der Waals surface area contributed by atoms with Crippen LogP contribution < -0.4 is 15.8 Å². The molecule has 0 spiro atoms. The minimum atomic E-state index is -0.472. The second kappa shape index (κ2) is 6.25. The molecule has 0 aliphatic heterocycles. The maximum absolute atomic E-state index is 11.5. The first kappa shape index (κ1) is 13.5. The van der Waals surface area contributed by atoms with Gasteiger partial charge in [0, 0.05) is 6.04 Å². The van der Waals surface area contributed by atoms with Crippen LogP contribution in [0.3, 0.4) is 0 Å². The highest BCUT2D eigenvalue weighted by molar-refractivity contribution is 5.81. The molecule has 2 atom stereocenters. The number of primary amides is 1. The van der Waals surface area contributed by atoms with Crippen molar-refractivity contribution in [1.29, 1.82) is 0 Å². The molecule has 1 aromatic carbocycles. The third-order valence-corrected chi connectivity index (χ3v) is 2.78. The first-order valence-corrected chi connectivity index (χ1v) is 5.77. The van der Waals surface area contributed by atoms with Crippen LogP contribution in [0.1, 0.15) is 31.9 Å². The second-order valence-electron chi connectivity index (χ2n) is 4.09. The van der Waals surface area contributed by atoms with Crippen LogP contribution in [0, 0.1) is 0 Å². The largest absolute Gasteiger partial charge is 0.497 e. The number of benzene rings is 1. The van der Waals surface area contributed by atoms with Gasteiger partial charge in [0.2, 0.25) is 5.91 Å². The number of methoxy groups -OCH3 is 1. The van der Waals surface area contributed by atoms with Gasteiger partial charge in [0.1, 0.15) is 11.8 Å². The van der Waals surface area contributed by atoms with E-state index in [4.69, 9.17) is 10.5 Å². The lowest BCUT2D eigenvalue weighted by Crippen LogP contribution is -2.38. The lowest BCUT2D eigenvalue weighted by atomic mass is 10.0. The van der Waals surface area contributed by atoms with Crippen LogP contribution in [0.5, 0.6) is 5.75 Å². The number of amides is 1. The predicted molar refractivity (Wildman–Crippen MR) is 67.8 cm³/mol. The number of hydrogen-bond acceptors (Lipinski definition) is 3. The van der Waals surface area contributed by atoms with Gasteiger partial charge in [-0.3, -0.25) is 10.1 Å². The van der Waals surface area contributed by atoms with Crippen LogP contribution in [-0.2, 0) is 4.79 Å². The molecular formula is C13H20N2O2. The van der Waals surface area contributed by atoms with E-state index < -0.39 is 6.04 Å². The molecule has 1 rings (SSSR count). The quantitative estimate of drug-likeness (QED) is 0.788. The highest BCUT2D eigenvalue weighted by Gasteiger charge is 2.19. The molecule has 17 heavy (non-hydrogen) atoms. The minimum Gasteiger partial charge on any atom is -0.497 e. The van der Waals surface area contributed by atoms with Crippen molar-refractivity contribution in [3.63, 3.8) is 0 Å². The van der Waals surface area contributed by atoms with E-state index in [-0.39, 0.29) is 11.9 Å². The van der Waals surface area contributed by atoms with Crippen molar-refractivity contribution in [2.45, 2.75) is 32.4 Å². The fraction of sp³-hybridized carbons (Fsp3) is 0.462. The zero-order valence-corrected chi connectivity index (χ0v) is 10.6. The number of nitrogens with two attached hydrogens (primary N) is 1. The Hall–Kier alpha value is -1.55. The standard InChI is InChI=1S/C13H20N2O2/c1-4-9(2)15-12(13(14)16)10-6-5-7-11(8-10)17-3/h5-9,12,15H,4H2,1-3H3,(H2,14,16). The van der Waals surface area contributed by atoms with Gasteiger partial charge in [-0.1, -0.05) is 19.1 Å². The van der Waals surface area contributed by atoms with Crippen LogP contribution in [0.15, 0.2) is 24.3 Å². The van der Waals surface area contributed by atoms with Gasteiger partial charge in [-0.25, -0.2) is 0 Å². The Kier molecular flexibility index (Phi) is 4.97. The Labute approximate surface area is 102 Å². The number of carbonyl (C=O) groups excluding carboxylic acids is 1. The molecule has 0 aliphatic rings. The second-order valence-corrected chi connectivity index (χ2v) is 4.09. The Balaban J connectivity index is 2.92. The third-order valence-electron chi connectivity index (χ3n) is 2.78.